The van der Waals surface area contributed by atoms with E-state index in [4.69, 9.17) is 9.15 Å². The van der Waals surface area contributed by atoms with Gasteiger partial charge in [-0.15, -0.1) is 11.3 Å². The van der Waals surface area contributed by atoms with Gasteiger partial charge in [0.05, 0.1) is 12.8 Å². The molecule has 0 unspecified atom stereocenters. The minimum absolute atomic E-state index is 0.700. The maximum absolute atomic E-state index is 5.68. The molecule has 1 aliphatic carbocycles. The Morgan fingerprint density at radius 1 is 1.24 bits per heavy atom. The highest BCUT2D eigenvalue weighted by molar-refractivity contribution is 7.09. The van der Waals surface area contributed by atoms with Gasteiger partial charge >= 0.3 is 0 Å². The molecule has 6 heteroatoms. The Kier molecular flexibility index (Phi) is 7.39. The number of nitrogens with zero attached hydrogens (tertiary/aromatic N) is 1. The normalized spacial score (nSPS) is 14.6. The summed E-state index contributed by atoms with van der Waals surface area (Å²) in [6.45, 7) is 4.10. The van der Waals surface area contributed by atoms with E-state index < -0.39 is 0 Å². The number of nitrogens with one attached hydrogen (secondary N) is 2. The summed E-state index contributed by atoms with van der Waals surface area (Å²) >= 11 is 1.73. The molecule has 1 fully saturated rings. The number of rotatable bonds is 11. The lowest BCUT2D eigenvalue weighted by Gasteiger charge is -2.12. The third kappa shape index (κ3) is 7.32. The molecule has 0 radical (unpaired) electrons. The topological polar surface area (TPSA) is 58.8 Å². The van der Waals surface area contributed by atoms with E-state index in [1.807, 2.05) is 12.1 Å². The lowest BCUT2D eigenvalue weighted by molar-refractivity contribution is 0.123. The second kappa shape index (κ2) is 10.3. The second-order valence-electron chi connectivity index (χ2n) is 6.30. The van der Waals surface area contributed by atoms with Crippen LogP contribution < -0.4 is 10.6 Å². The van der Waals surface area contributed by atoms with Crippen molar-refractivity contribution in [2.24, 2.45) is 10.9 Å². The zero-order valence-corrected chi connectivity index (χ0v) is 15.4. The monoisotopic (exact) mass is 361 g/mol. The van der Waals surface area contributed by atoms with Crippen LogP contribution in [0.3, 0.4) is 0 Å². The van der Waals surface area contributed by atoms with Crippen LogP contribution in [0.2, 0.25) is 0 Å². The molecule has 136 valence electrons. The molecule has 3 rings (SSSR count). The molecule has 5 nitrogen and oxygen atoms in total. The highest BCUT2D eigenvalue weighted by atomic mass is 32.1. The molecule has 25 heavy (non-hydrogen) atoms. The Labute approximate surface area is 153 Å². The van der Waals surface area contributed by atoms with Crippen molar-refractivity contribution >= 4 is 17.3 Å². The fourth-order valence-electron chi connectivity index (χ4n) is 2.41. The van der Waals surface area contributed by atoms with Crippen molar-refractivity contribution in [3.8, 4) is 0 Å². The summed E-state index contributed by atoms with van der Waals surface area (Å²) in [5, 5.41) is 8.86. The number of hydrogen-bond acceptors (Lipinski definition) is 4. The van der Waals surface area contributed by atoms with Gasteiger partial charge in [0.25, 0.3) is 0 Å². The number of guanidine groups is 1. The van der Waals surface area contributed by atoms with Crippen LogP contribution in [0.5, 0.6) is 0 Å². The van der Waals surface area contributed by atoms with Crippen LogP contribution in [-0.4, -0.2) is 32.3 Å². The van der Waals surface area contributed by atoms with Crippen LogP contribution >= 0.6 is 11.3 Å². The van der Waals surface area contributed by atoms with Crippen LogP contribution in [0, 0.1) is 5.92 Å². The summed E-state index contributed by atoms with van der Waals surface area (Å²) in [7, 11) is 0. The fraction of sp³-hybridized carbons (Fsp3) is 0.526. The minimum atomic E-state index is 0.700. The molecular formula is C19H27N3O2S. The van der Waals surface area contributed by atoms with Crippen LogP contribution in [0.1, 0.15) is 29.9 Å². The van der Waals surface area contributed by atoms with E-state index in [1.54, 1.807) is 17.6 Å². The lowest BCUT2D eigenvalue weighted by atomic mass is 10.3. The lowest BCUT2D eigenvalue weighted by Crippen LogP contribution is -2.39. The predicted molar refractivity (Wildman–Crippen MR) is 102 cm³/mol. The van der Waals surface area contributed by atoms with Crippen LogP contribution in [0.15, 0.2) is 45.3 Å². The molecule has 0 aromatic carbocycles. The van der Waals surface area contributed by atoms with Crippen molar-refractivity contribution in [2.45, 2.75) is 32.2 Å². The van der Waals surface area contributed by atoms with E-state index in [-0.39, 0.29) is 0 Å². The van der Waals surface area contributed by atoms with E-state index in [0.717, 1.165) is 56.8 Å². The van der Waals surface area contributed by atoms with Gasteiger partial charge in [0.15, 0.2) is 5.96 Å². The standard InChI is InChI=1S/C19H27N3O2S/c1-4-17(24-12-1)8-10-21-19(22-14-18-5-2-13-25-18)20-9-3-11-23-15-16-6-7-16/h1-2,4-5,12-13,16H,3,6-11,14-15H2,(H2,20,21,22). The third-order valence-corrected chi connectivity index (χ3v) is 4.89. The average Bonchev–Trinajstić information content (AvgIpc) is 3.09. The summed E-state index contributed by atoms with van der Waals surface area (Å²) in [4.78, 5) is 5.94. The van der Waals surface area contributed by atoms with Gasteiger partial charge in [-0.1, -0.05) is 6.07 Å². The number of ether oxygens (including phenoxy) is 1. The summed E-state index contributed by atoms with van der Waals surface area (Å²) in [6.07, 6.45) is 6.23. The first-order valence-electron chi connectivity index (χ1n) is 9.05. The number of furan rings is 1. The maximum Gasteiger partial charge on any atom is 0.191 e. The van der Waals surface area contributed by atoms with Crippen molar-refractivity contribution < 1.29 is 9.15 Å². The number of thiophene rings is 1. The van der Waals surface area contributed by atoms with Crippen molar-refractivity contribution in [1.29, 1.82) is 0 Å². The van der Waals surface area contributed by atoms with Gasteiger partial charge in [-0.3, -0.25) is 0 Å². The minimum Gasteiger partial charge on any atom is -0.469 e. The third-order valence-electron chi connectivity index (χ3n) is 4.03. The molecule has 2 aromatic heterocycles. The van der Waals surface area contributed by atoms with Crippen molar-refractivity contribution in [3.05, 3.63) is 46.5 Å². The number of aliphatic imine (C=N–C) groups is 1. The van der Waals surface area contributed by atoms with Crippen molar-refractivity contribution in [2.75, 3.05) is 26.3 Å². The Bertz CT molecular complexity index is 607. The first-order valence-corrected chi connectivity index (χ1v) is 9.93. The Balaban J connectivity index is 1.37. The Hall–Kier alpha value is -1.79. The maximum atomic E-state index is 5.68. The first-order chi connectivity index (χ1) is 12.4. The van der Waals surface area contributed by atoms with E-state index in [1.165, 1.54) is 17.7 Å². The van der Waals surface area contributed by atoms with Crippen molar-refractivity contribution in [1.82, 2.24) is 10.6 Å². The summed E-state index contributed by atoms with van der Waals surface area (Å²) in [5.74, 6) is 2.67. The molecule has 2 aromatic rings. The second-order valence-corrected chi connectivity index (χ2v) is 7.33. The predicted octanol–water partition coefficient (Wildman–Crippen LogP) is 3.44. The molecule has 0 saturated heterocycles. The molecule has 0 bridgehead atoms. The van der Waals surface area contributed by atoms with Gasteiger partial charge in [0.1, 0.15) is 5.76 Å². The molecule has 1 aliphatic rings. The van der Waals surface area contributed by atoms with E-state index in [9.17, 15) is 0 Å². The molecule has 2 heterocycles. The zero-order chi connectivity index (χ0) is 17.2. The van der Waals surface area contributed by atoms with E-state index in [0.29, 0.717) is 6.54 Å². The quantitative estimate of drug-likeness (QED) is 0.366. The fourth-order valence-corrected chi connectivity index (χ4v) is 3.04. The highest BCUT2D eigenvalue weighted by Gasteiger charge is 2.20. The Morgan fingerprint density at radius 3 is 2.92 bits per heavy atom. The average molecular weight is 362 g/mol. The van der Waals surface area contributed by atoms with E-state index in [2.05, 4.69) is 33.1 Å². The molecule has 0 spiro atoms. The largest absolute Gasteiger partial charge is 0.469 e. The van der Waals surface area contributed by atoms with Gasteiger partial charge in [-0.25, -0.2) is 4.99 Å². The van der Waals surface area contributed by atoms with Gasteiger partial charge in [0.2, 0.25) is 0 Å². The highest BCUT2D eigenvalue weighted by Crippen LogP contribution is 2.28. The van der Waals surface area contributed by atoms with Gasteiger partial charge in [-0.2, -0.15) is 0 Å². The van der Waals surface area contributed by atoms with Gasteiger partial charge in [0, 0.05) is 37.6 Å². The molecular weight excluding hydrogens is 334 g/mol. The molecule has 1 saturated carbocycles. The Morgan fingerprint density at radius 2 is 2.16 bits per heavy atom. The van der Waals surface area contributed by atoms with Crippen molar-refractivity contribution in [3.63, 3.8) is 0 Å². The van der Waals surface area contributed by atoms with Crippen LogP contribution in [-0.2, 0) is 17.7 Å². The smallest absolute Gasteiger partial charge is 0.191 e. The summed E-state index contributed by atoms with van der Waals surface area (Å²) < 4.78 is 11.0. The first kappa shape index (κ1) is 18.0. The van der Waals surface area contributed by atoms with Gasteiger partial charge < -0.3 is 19.8 Å². The van der Waals surface area contributed by atoms with Gasteiger partial charge in [-0.05, 0) is 48.8 Å². The van der Waals surface area contributed by atoms with Crippen LogP contribution in [0.25, 0.3) is 0 Å². The molecule has 0 atom stereocenters. The summed E-state index contributed by atoms with van der Waals surface area (Å²) in [6, 6.07) is 8.08. The van der Waals surface area contributed by atoms with Crippen LogP contribution in [0.4, 0.5) is 0 Å². The van der Waals surface area contributed by atoms with E-state index >= 15 is 0 Å². The summed E-state index contributed by atoms with van der Waals surface area (Å²) in [5.41, 5.74) is 0. The number of hydrogen-bond donors (Lipinski definition) is 2. The molecule has 0 aliphatic heterocycles. The molecule has 0 amide bonds. The SMILES string of the molecule is c1coc(CCNC(=NCc2cccs2)NCCCOCC2CC2)c1. The zero-order valence-electron chi connectivity index (χ0n) is 14.6. The molecule has 2 N–H and O–H groups in total.